The van der Waals surface area contributed by atoms with Crippen LogP contribution in [-0.4, -0.2) is 8.42 Å². The Morgan fingerprint density at radius 3 is 2.10 bits per heavy atom. The first-order chi connectivity index (χ1) is 9.31. The van der Waals surface area contributed by atoms with E-state index < -0.39 is 10.0 Å². The Balaban J connectivity index is 2.47. The summed E-state index contributed by atoms with van der Waals surface area (Å²) in [6.07, 6.45) is 0. The topological polar surface area (TPSA) is 46.2 Å². The number of aryl methyl sites for hydroxylation is 1. The van der Waals surface area contributed by atoms with Crippen molar-refractivity contribution in [2.24, 2.45) is 0 Å². The number of hydrogen-bond donors (Lipinski definition) is 1. The minimum absolute atomic E-state index is 0.112. The molecule has 0 aliphatic heterocycles. The van der Waals surface area contributed by atoms with Crippen LogP contribution in [0.4, 0.5) is 5.69 Å². The van der Waals surface area contributed by atoms with Crippen molar-refractivity contribution in [1.29, 1.82) is 0 Å². The van der Waals surface area contributed by atoms with E-state index in [1.807, 2.05) is 0 Å². The third-order valence-corrected chi connectivity index (χ3v) is 4.95. The largest absolute Gasteiger partial charge is 0.277 e. The summed E-state index contributed by atoms with van der Waals surface area (Å²) in [5.41, 5.74) is 0.738. The molecule has 0 atom stereocenters. The molecular formula is C13H10Cl3NO2S. The molecule has 0 aliphatic rings. The standard InChI is InChI=1S/C13H10Cl3NO2S/c1-8-4-2-3-5-12(8)20(18,19)17-13-10(15)6-9(14)7-11(13)16/h2-7,17H,1H3. The molecule has 20 heavy (non-hydrogen) atoms. The van der Waals surface area contributed by atoms with Crippen molar-refractivity contribution < 1.29 is 8.42 Å². The van der Waals surface area contributed by atoms with Gasteiger partial charge >= 0.3 is 0 Å². The Hall–Kier alpha value is -0.940. The van der Waals surface area contributed by atoms with Crippen LogP contribution in [-0.2, 0) is 10.0 Å². The molecule has 0 fully saturated rings. The molecule has 2 aromatic carbocycles. The molecule has 0 saturated carbocycles. The zero-order valence-corrected chi connectivity index (χ0v) is 13.4. The van der Waals surface area contributed by atoms with Crippen LogP contribution in [0, 0.1) is 6.92 Å². The van der Waals surface area contributed by atoms with Gasteiger partial charge in [-0.1, -0.05) is 53.0 Å². The molecule has 2 rings (SSSR count). The zero-order valence-electron chi connectivity index (χ0n) is 10.3. The molecule has 2 aromatic rings. The molecule has 0 spiro atoms. The van der Waals surface area contributed by atoms with Crippen molar-refractivity contribution in [2.75, 3.05) is 4.72 Å². The molecular weight excluding hydrogens is 341 g/mol. The summed E-state index contributed by atoms with van der Waals surface area (Å²) in [5, 5.41) is 0.609. The van der Waals surface area contributed by atoms with Gasteiger partial charge in [0.2, 0.25) is 0 Å². The third-order valence-electron chi connectivity index (χ3n) is 2.63. The molecule has 0 unspecified atom stereocenters. The first kappa shape index (κ1) is 15.4. The Morgan fingerprint density at radius 2 is 1.55 bits per heavy atom. The van der Waals surface area contributed by atoms with E-state index in [9.17, 15) is 8.42 Å². The summed E-state index contributed by atoms with van der Waals surface area (Å²) in [4.78, 5) is 0.169. The van der Waals surface area contributed by atoms with Crippen molar-refractivity contribution in [3.05, 3.63) is 57.0 Å². The van der Waals surface area contributed by atoms with Crippen LogP contribution in [0.1, 0.15) is 5.56 Å². The molecule has 0 saturated heterocycles. The highest BCUT2D eigenvalue weighted by Crippen LogP contribution is 2.35. The van der Waals surface area contributed by atoms with Gasteiger partial charge in [0.05, 0.1) is 20.6 Å². The van der Waals surface area contributed by atoms with Crippen LogP contribution in [0.3, 0.4) is 0 Å². The number of benzene rings is 2. The second kappa shape index (κ2) is 5.82. The fraction of sp³-hybridized carbons (Fsp3) is 0.0769. The van der Waals surface area contributed by atoms with E-state index in [-0.39, 0.29) is 20.6 Å². The number of sulfonamides is 1. The number of anilines is 1. The van der Waals surface area contributed by atoms with Crippen molar-refractivity contribution in [2.45, 2.75) is 11.8 Å². The maximum Gasteiger partial charge on any atom is 0.262 e. The van der Waals surface area contributed by atoms with Gasteiger partial charge in [-0.2, -0.15) is 0 Å². The zero-order chi connectivity index (χ0) is 14.9. The summed E-state index contributed by atoms with van der Waals surface area (Å²) < 4.78 is 27.1. The van der Waals surface area contributed by atoms with Gasteiger partial charge in [-0.15, -0.1) is 0 Å². The fourth-order valence-corrected chi connectivity index (χ4v) is 4.06. The first-order valence-electron chi connectivity index (χ1n) is 5.54. The monoisotopic (exact) mass is 349 g/mol. The number of hydrogen-bond acceptors (Lipinski definition) is 2. The van der Waals surface area contributed by atoms with Gasteiger partial charge in [0.15, 0.2) is 0 Å². The lowest BCUT2D eigenvalue weighted by Crippen LogP contribution is -2.14. The van der Waals surface area contributed by atoms with Crippen LogP contribution in [0.5, 0.6) is 0 Å². The molecule has 0 bridgehead atoms. The molecule has 0 amide bonds. The molecule has 3 nitrogen and oxygen atoms in total. The summed E-state index contributed by atoms with van der Waals surface area (Å²) in [7, 11) is -3.76. The van der Waals surface area contributed by atoms with Crippen LogP contribution in [0.2, 0.25) is 15.1 Å². The quantitative estimate of drug-likeness (QED) is 0.867. The summed E-state index contributed by atoms with van der Waals surface area (Å²) in [6, 6.07) is 9.47. The molecule has 0 aromatic heterocycles. The maximum absolute atomic E-state index is 12.4. The van der Waals surface area contributed by atoms with Crippen LogP contribution < -0.4 is 4.72 Å². The average molecular weight is 351 g/mol. The van der Waals surface area contributed by atoms with Crippen molar-refractivity contribution >= 4 is 50.5 Å². The number of nitrogens with one attached hydrogen (secondary N) is 1. The molecule has 0 heterocycles. The predicted octanol–water partition coefficient (Wildman–Crippen LogP) is 4.76. The average Bonchev–Trinajstić information content (AvgIpc) is 2.34. The van der Waals surface area contributed by atoms with Gasteiger partial charge in [0.1, 0.15) is 0 Å². The Bertz CT molecular complexity index is 737. The van der Waals surface area contributed by atoms with Crippen LogP contribution >= 0.6 is 34.8 Å². The van der Waals surface area contributed by atoms with Crippen LogP contribution in [0.25, 0.3) is 0 Å². The van der Waals surface area contributed by atoms with Gasteiger partial charge in [0, 0.05) is 5.02 Å². The summed E-state index contributed by atoms with van der Waals surface area (Å²) in [5.74, 6) is 0. The second-order valence-corrected chi connectivity index (χ2v) is 7.02. The van der Waals surface area contributed by atoms with E-state index in [1.165, 1.54) is 18.2 Å². The van der Waals surface area contributed by atoms with Gasteiger partial charge in [0.25, 0.3) is 10.0 Å². The molecule has 0 aliphatic carbocycles. The van der Waals surface area contributed by atoms with Crippen molar-refractivity contribution in [3.8, 4) is 0 Å². The Morgan fingerprint density at radius 1 is 1.00 bits per heavy atom. The van der Waals surface area contributed by atoms with Crippen molar-refractivity contribution in [3.63, 3.8) is 0 Å². The highest BCUT2D eigenvalue weighted by atomic mass is 35.5. The van der Waals surface area contributed by atoms with E-state index in [4.69, 9.17) is 34.8 Å². The first-order valence-corrected chi connectivity index (χ1v) is 8.16. The van der Waals surface area contributed by atoms with E-state index in [1.54, 1.807) is 25.1 Å². The minimum Gasteiger partial charge on any atom is -0.277 e. The van der Waals surface area contributed by atoms with E-state index in [2.05, 4.69) is 4.72 Å². The third kappa shape index (κ3) is 3.20. The normalized spacial score (nSPS) is 11.4. The summed E-state index contributed by atoms with van der Waals surface area (Å²) >= 11 is 17.7. The van der Waals surface area contributed by atoms with Gasteiger partial charge in [-0.25, -0.2) is 8.42 Å². The van der Waals surface area contributed by atoms with E-state index in [0.29, 0.717) is 10.6 Å². The smallest absolute Gasteiger partial charge is 0.262 e. The molecule has 1 N–H and O–H groups in total. The van der Waals surface area contributed by atoms with Gasteiger partial charge in [-0.05, 0) is 30.7 Å². The van der Waals surface area contributed by atoms with Crippen molar-refractivity contribution in [1.82, 2.24) is 0 Å². The Labute approximate surface area is 132 Å². The van der Waals surface area contributed by atoms with E-state index >= 15 is 0 Å². The number of rotatable bonds is 3. The summed E-state index contributed by atoms with van der Waals surface area (Å²) in [6.45, 7) is 1.71. The Kier molecular flexibility index (Phi) is 4.49. The predicted molar refractivity (Wildman–Crippen MR) is 83.5 cm³/mol. The molecule has 0 radical (unpaired) electrons. The van der Waals surface area contributed by atoms with Crippen LogP contribution in [0.15, 0.2) is 41.3 Å². The SMILES string of the molecule is Cc1ccccc1S(=O)(=O)Nc1c(Cl)cc(Cl)cc1Cl. The maximum atomic E-state index is 12.4. The minimum atomic E-state index is -3.76. The highest BCUT2D eigenvalue weighted by Gasteiger charge is 2.19. The number of halogens is 3. The van der Waals surface area contributed by atoms with E-state index in [0.717, 1.165) is 0 Å². The van der Waals surface area contributed by atoms with Gasteiger partial charge in [-0.3, -0.25) is 4.72 Å². The lowest BCUT2D eigenvalue weighted by Gasteiger charge is -2.13. The second-order valence-electron chi connectivity index (χ2n) is 4.12. The molecule has 7 heteroatoms. The fourth-order valence-electron chi connectivity index (χ4n) is 1.69. The lowest BCUT2D eigenvalue weighted by atomic mass is 10.2. The molecule has 106 valence electrons. The highest BCUT2D eigenvalue weighted by molar-refractivity contribution is 7.92. The lowest BCUT2D eigenvalue weighted by molar-refractivity contribution is 0.600. The van der Waals surface area contributed by atoms with Gasteiger partial charge < -0.3 is 0 Å².